The fourth-order valence-electron chi connectivity index (χ4n) is 2.26. The fourth-order valence-corrected chi connectivity index (χ4v) is 2.26. The van der Waals surface area contributed by atoms with Crippen LogP contribution in [0.15, 0.2) is 35.1 Å². The van der Waals surface area contributed by atoms with Crippen molar-refractivity contribution in [1.82, 2.24) is 9.55 Å². The molecule has 0 aliphatic rings. The number of rotatable bonds is 3. The van der Waals surface area contributed by atoms with Crippen LogP contribution in [0.3, 0.4) is 0 Å². The molecule has 0 amide bonds. The van der Waals surface area contributed by atoms with Crippen LogP contribution in [0.5, 0.6) is 5.75 Å². The highest BCUT2D eigenvalue weighted by atomic mass is 19.1. The summed E-state index contributed by atoms with van der Waals surface area (Å²) in [6, 6.07) is 7.33. The van der Waals surface area contributed by atoms with Crippen molar-refractivity contribution in [2.75, 3.05) is 0 Å². The van der Waals surface area contributed by atoms with Crippen LogP contribution >= 0.6 is 0 Å². The largest absolute Gasteiger partial charge is 0.487 e. The van der Waals surface area contributed by atoms with Gasteiger partial charge in [0.1, 0.15) is 24.0 Å². The molecule has 2 rings (SSSR count). The Morgan fingerprint density at radius 2 is 2.00 bits per heavy atom. The maximum absolute atomic E-state index is 13.1. The van der Waals surface area contributed by atoms with Gasteiger partial charge in [-0.3, -0.25) is 9.36 Å². The smallest absolute Gasteiger partial charge is 0.254 e. The van der Waals surface area contributed by atoms with Crippen LogP contribution in [0.4, 0.5) is 4.39 Å². The molecule has 4 nitrogen and oxygen atoms in total. The highest BCUT2D eigenvalue weighted by molar-refractivity contribution is 5.22. The molecule has 0 aliphatic carbocycles. The standard InChI is InChI=1S/C16H19FN2O2/c1-11-18-13(9-15(20)19(11)16(2,3)4)10-21-14-7-5-6-12(17)8-14/h5-9H,10H2,1-4H3. The minimum Gasteiger partial charge on any atom is -0.487 e. The zero-order valence-corrected chi connectivity index (χ0v) is 12.7. The first-order valence-corrected chi connectivity index (χ1v) is 6.76. The van der Waals surface area contributed by atoms with Crippen molar-refractivity contribution in [3.8, 4) is 5.75 Å². The normalized spacial score (nSPS) is 11.5. The molecule has 1 aromatic carbocycles. The van der Waals surface area contributed by atoms with Gasteiger partial charge in [0.2, 0.25) is 0 Å². The predicted molar refractivity (Wildman–Crippen MR) is 79.0 cm³/mol. The number of aryl methyl sites for hydroxylation is 1. The van der Waals surface area contributed by atoms with Crippen molar-refractivity contribution in [2.45, 2.75) is 39.8 Å². The van der Waals surface area contributed by atoms with Gasteiger partial charge in [0.25, 0.3) is 5.56 Å². The Hall–Kier alpha value is -2.17. The molecule has 0 atom stereocenters. The second-order valence-electron chi connectivity index (χ2n) is 5.89. The number of ether oxygens (including phenoxy) is 1. The second kappa shape index (κ2) is 5.68. The van der Waals surface area contributed by atoms with Crippen molar-refractivity contribution >= 4 is 0 Å². The molecule has 0 spiro atoms. The van der Waals surface area contributed by atoms with E-state index in [1.807, 2.05) is 20.8 Å². The Morgan fingerprint density at radius 1 is 1.29 bits per heavy atom. The quantitative estimate of drug-likeness (QED) is 0.872. The first-order chi connectivity index (χ1) is 9.77. The van der Waals surface area contributed by atoms with Crippen LogP contribution in [0, 0.1) is 12.7 Å². The van der Waals surface area contributed by atoms with E-state index in [-0.39, 0.29) is 23.5 Å². The van der Waals surface area contributed by atoms with Gasteiger partial charge in [-0.15, -0.1) is 0 Å². The number of aromatic nitrogens is 2. The van der Waals surface area contributed by atoms with Gasteiger partial charge in [-0.1, -0.05) is 6.07 Å². The van der Waals surface area contributed by atoms with E-state index in [1.165, 1.54) is 18.2 Å². The Balaban J connectivity index is 2.21. The maximum atomic E-state index is 13.1. The van der Waals surface area contributed by atoms with Gasteiger partial charge in [0, 0.05) is 17.7 Å². The van der Waals surface area contributed by atoms with Crippen molar-refractivity contribution < 1.29 is 9.13 Å². The van der Waals surface area contributed by atoms with Gasteiger partial charge in [-0.25, -0.2) is 9.37 Å². The highest BCUT2D eigenvalue weighted by Gasteiger charge is 2.18. The van der Waals surface area contributed by atoms with Crippen LogP contribution in [0.25, 0.3) is 0 Å². The van der Waals surface area contributed by atoms with Crippen molar-refractivity contribution in [3.05, 3.63) is 58.0 Å². The van der Waals surface area contributed by atoms with Crippen molar-refractivity contribution in [2.24, 2.45) is 0 Å². The Labute approximate surface area is 123 Å². The van der Waals surface area contributed by atoms with Crippen LogP contribution in [-0.4, -0.2) is 9.55 Å². The lowest BCUT2D eigenvalue weighted by Gasteiger charge is -2.24. The predicted octanol–water partition coefficient (Wildman–Crippen LogP) is 3.02. The summed E-state index contributed by atoms with van der Waals surface area (Å²) in [7, 11) is 0. The minimum absolute atomic E-state index is 0.118. The van der Waals surface area contributed by atoms with E-state index < -0.39 is 0 Å². The van der Waals surface area contributed by atoms with E-state index in [9.17, 15) is 9.18 Å². The van der Waals surface area contributed by atoms with Crippen LogP contribution in [0.1, 0.15) is 32.3 Å². The van der Waals surface area contributed by atoms with Crippen molar-refractivity contribution in [1.29, 1.82) is 0 Å². The lowest BCUT2D eigenvalue weighted by Crippen LogP contribution is -2.36. The molecule has 0 aliphatic heterocycles. The molecule has 0 radical (unpaired) electrons. The molecule has 0 N–H and O–H groups in total. The molecule has 0 saturated carbocycles. The van der Waals surface area contributed by atoms with E-state index in [0.29, 0.717) is 17.3 Å². The molecule has 0 bridgehead atoms. The van der Waals surface area contributed by atoms with Gasteiger partial charge < -0.3 is 4.74 Å². The van der Waals surface area contributed by atoms with Crippen molar-refractivity contribution in [3.63, 3.8) is 0 Å². The molecule has 2 aromatic rings. The summed E-state index contributed by atoms with van der Waals surface area (Å²) >= 11 is 0. The van der Waals surface area contributed by atoms with E-state index in [4.69, 9.17) is 4.74 Å². The summed E-state index contributed by atoms with van der Waals surface area (Å²) in [4.78, 5) is 16.6. The third-order valence-electron chi connectivity index (χ3n) is 2.99. The van der Waals surface area contributed by atoms with E-state index >= 15 is 0 Å². The molecule has 0 saturated heterocycles. The number of hydrogen-bond donors (Lipinski definition) is 0. The Bertz CT molecular complexity index is 702. The van der Waals surface area contributed by atoms with Crippen LogP contribution in [-0.2, 0) is 12.1 Å². The zero-order valence-electron chi connectivity index (χ0n) is 12.7. The number of benzene rings is 1. The first-order valence-electron chi connectivity index (χ1n) is 6.76. The Kier molecular flexibility index (Phi) is 4.11. The van der Waals surface area contributed by atoms with Gasteiger partial charge in [-0.05, 0) is 39.8 Å². The monoisotopic (exact) mass is 290 g/mol. The third kappa shape index (κ3) is 3.68. The molecule has 0 fully saturated rings. The first kappa shape index (κ1) is 15.2. The summed E-state index contributed by atoms with van der Waals surface area (Å²) in [5.41, 5.74) is 0.0888. The number of halogens is 1. The van der Waals surface area contributed by atoms with E-state index in [1.54, 1.807) is 23.6 Å². The summed E-state index contributed by atoms with van der Waals surface area (Å²) in [6.45, 7) is 7.77. The topological polar surface area (TPSA) is 44.1 Å². The summed E-state index contributed by atoms with van der Waals surface area (Å²) in [5.74, 6) is 0.682. The number of hydrogen-bond acceptors (Lipinski definition) is 3. The van der Waals surface area contributed by atoms with Gasteiger partial charge >= 0.3 is 0 Å². The average molecular weight is 290 g/mol. The second-order valence-corrected chi connectivity index (χ2v) is 5.89. The zero-order chi connectivity index (χ0) is 15.6. The van der Waals surface area contributed by atoms with E-state index in [2.05, 4.69) is 4.98 Å². The van der Waals surface area contributed by atoms with Gasteiger partial charge in [0.15, 0.2) is 0 Å². The molecule has 1 aromatic heterocycles. The summed E-state index contributed by atoms with van der Waals surface area (Å²) in [5, 5.41) is 0. The average Bonchev–Trinajstić information content (AvgIpc) is 2.34. The Morgan fingerprint density at radius 3 is 2.57 bits per heavy atom. The molecule has 0 unspecified atom stereocenters. The third-order valence-corrected chi connectivity index (χ3v) is 2.99. The summed E-state index contributed by atoms with van der Waals surface area (Å²) < 4.78 is 20.2. The highest BCUT2D eigenvalue weighted by Crippen LogP contribution is 2.15. The summed E-state index contributed by atoms with van der Waals surface area (Å²) in [6.07, 6.45) is 0. The minimum atomic E-state index is -0.361. The lowest BCUT2D eigenvalue weighted by atomic mass is 10.1. The molecular weight excluding hydrogens is 271 g/mol. The van der Waals surface area contributed by atoms with Gasteiger partial charge in [-0.2, -0.15) is 0 Å². The fraction of sp³-hybridized carbons (Fsp3) is 0.375. The SMILES string of the molecule is Cc1nc(COc2cccc(F)c2)cc(=O)n1C(C)(C)C. The molecule has 112 valence electrons. The maximum Gasteiger partial charge on any atom is 0.254 e. The molecule has 1 heterocycles. The molecular formula is C16H19FN2O2. The van der Waals surface area contributed by atoms with Crippen LogP contribution < -0.4 is 10.3 Å². The lowest BCUT2D eigenvalue weighted by molar-refractivity contribution is 0.295. The number of nitrogens with zero attached hydrogens (tertiary/aromatic N) is 2. The van der Waals surface area contributed by atoms with Gasteiger partial charge in [0.05, 0.1) is 5.69 Å². The molecule has 5 heteroatoms. The molecule has 21 heavy (non-hydrogen) atoms. The van der Waals surface area contributed by atoms with E-state index in [0.717, 1.165) is 0 Å². The van der Waals surface area contributed by atoms with Crippen LogP contribution in [0.2, 0.25) is 0 Å².